The topological polar surface area (TPSA) is 113 Å². The summed E-state index contributed by atoms with van der Waals surface area (Å²) < 4.78 is 35.0. The second-order valence-electron chi connectivity index (χ2n) is 11.5. The molecule has 264 valence electrons. The van der Waals surface area contributed by atoms with Gasteiger partial charge in [0.2, 0.25) is 5.75 Å². The highest BCUT2D eigenvalue weighted by Crippen LogP contribution is 2.46. The van der Waals surface area contributed by atoms with Crippen LogP contribution in [0.4, 0.5) is 0 Å². The lowest BCUT2D eigenvalue weighted by Gasteiger charge is -2.19. The number of methoxy groups -OCH3 is 4. The van der Waals surface area contributed by atoms with Gasteiger partial charge in [-0.15, -0.1) is 11.8 Å². The fourth-order valence-electron chi connectivity index (χ4n) is 5.76. The Hall–Kier alpha value is -4.23. The van der Waals surface area contributed by atoms with Gasteiger partial charge in [0.1, 0.15) is 0 Å². The van der Waals surface area contributed by atoms with Crippen LogP contribution in [0.2, 0.25) is 5.02 Å². The van der Waals surface area contributed by atoms with E-state index in [1.807, 2.05) is 48.5 Å². The number of hydroxylamine groups is 4. The number of benzene rings is 4. The average Bonchev–Trinajstić information content (AvgIpc) is 3.64. The molecule has 1 heterocycles. The molecule has 0 aromatic heterocycles. The first kappa shape index (κ1) is 37.0. The highest BCUT2D eigenvalue weighted by atomic mass is 35.5. The van der Waals surface area contributed by atoms with E-state index < -0.39 is 10.7 Å². The molecule has 1 aliphatic heterocycles. The summed E-state index contributed by atoms with van der Waals surface area (Å²) in [5.74, 6) is 2.46. The fraction of sp³-hybridized carbons (Fsp3) is 0.289. The van der Waals surface area contributed by atoms with Gasteiger partial charge < -0.3 is 28.4 Å². The first-order chi connectivity index (χ1) is 24.2. The first-order valence-electron chi connectivity index (χ1n) is 15.9. The number of allylic oxidation sites excluding steroid dienone is 1. The van der Waals surface area contributed by atoms with E-state index in [1.54, 1.807) is 58.4 Å². The van der Waals surface area contributed by atoms with Crippen LogP contribution in [0.3, 0.4) is 0 Å². The summed E-state index contributed by atoms with van der Waals surface area (Å²) in [5, 5.41) is 21.9. The summed E-state index contributed by atoms with van der Waals surface area (Å²) in [6.07, 6.45) is 3.23. The molecular weight excluding hydrogens is 682 g/mol. The zero-order chi connectivity index (χ0) is 35.7. The van der Waals surface area contributed by atoms with Gasteiger partial charge in [-0.25, -0.2) is 4.79 Å². The lowest BCUT2D eigenvalue weighted by atomic mass is 9.91. The zero-order valence-electron chi connectivity index (χ0n) is 28.3. The van der Waals surface area contributed by atoms with Crippen LogP contribution in [-0.2, 0) is 11.2 Å². The first-order valence-corrected chi connectivity index (χ1v) is 17.3. The summed E-state index contributed by atoms with van der Waals surface area (Å²) in [7, 11) is 6.31. The number of thioether (sulfide) groups is 1. The molecule has 4 aromatic rings. The number of halogens is 1. The van der Waals surface area contributed by atoms with Crippen molar-refractivity contribution in [2.75, 3.05) is 47.4 Å². The van der Waals surface area contributed by atoms with Gasteiger partial charge in [-0.2, -0.15) is 10.4 Å². The van der Waals surface area contributed by atoms with Crippen LogP contribution in [0.5, 0.6) is 28.7 Å². The molecule has 1 saturated heterocycles. The summed E-state index contributed by atoms with van der Waals surface area (Å²) in [5.41, 5.74) is 2.78. The van der Waals surface area contributed by atoms with Gasteiger partial charge in [-0.05, 0) is 84.6 Å². The van der Waals surface area contributed by atoms with Crippen molar-refractivity contribution in [3.8, 4) is 28.7 Å². The van der Waals surface area contributed by atoms with Crippen molar-refractivity contribution in [1.29, 1.82) is 0 Å². The maximum Gasteiger partial charge on any atom is 0.415 e. The number of rotatable bonds is 15. The van der Waals surface area contributed by atoms with E-state index in [-0.39, 0.29) is 24.0 Å². The number of nitrogens with zero attached hydrogens (tertiary/aromatic N) is 1. The van der Waals surface area contributed by atoms with Gasteiger partial charge in [-0.3, -0.25) is 0 Å². The number of carbonyl (C=O) groups excluding carboxylic acids is 1. The molecule has 12 heteroatoms. The van der Waals surface area contributed by atoms with E-state index >= 15 is 0 Å². The molecular formula is C38H41ClNO9S+. The van der Waals surface area contributed by atoms with Crippen molar-refractivity contribution < 1.29 is 48.4 Å². The largest absolute Gasteiger partial charge is 0.493 e. The smallest absolute Gasteiger partial charge is 0.415 e. The minimum atomic E-state index is -1.93. The molecule has 2 atom stereocenters. The summed E-state index contributed by atoms with van der Waals surface area (Å²) in [6.45, 7) is 0.832. The third-order valence-corrected chi connectivity index (χ3v) is 9.51. The standard InChI is InChI=1S/C38H41ClNO9S/c1-44-33-20-27(29-23-32(49-24-29)28-21-34(45-2)37(47-4)35(22-28)46-3)19-26(36(33)48-17-18-50-31-14-12-30(39)13-15-31)11-8-16-40(42,43)38(41)25-9-6-5-7-10-25/h5-10,12-16,19-22,29,32,42-43H,11,17-18,23-24H2,1-4H3/q+1/b16-8+. The van der Waals surface area contributed by atoms with Crippen molar-refractivity contribution >= 4 is 29.3 Å². The van der Waals surface area contributed by atoms with Gasteiger partial charge in [0.05, 0.1) is 53.3 Å². The summed E-state index contributed by atoms with van der Waals surface area (Å²) >= 11 is 7.66. The Morgan fingerprint density at radius 3 is 2.16 bits per heavy atom. The molecule has 0 spiro atoms. The van der Waals surface area contributed by atoms with Crippen LogP contribution in [0, 0.1) is 0 Å². The molecule has 5 rings (SSSR count). The molecule has 50 heavy (non-hydrogen) atoms. The molecule has 0 radical (unpaired) electrons. The number of carbonyl (C=O) groups is 1. The lowest BCUT2D eigenvalue weighted by molar-refractivity contribution is -1.15. The van der Waals surface area contributed by atoms with Crippen LogP contribution in [0.1, 0.15) is 45.5 Å². The van der Waals surface area contributed by atoms with E-state index in [1.165, 1.54) is 18.2 Å². The maximum atomic E-state index is 12.8. The molecule has 0 bridgehead atoms. The van der Waals surface area contributed by atoms with Crippen molar-refractivity contribution in [1.82, 2.24) is 0 Å². The summed E-state index contributed by atoms with van der Waals surface area (Å²) in [6, 6.07) is 23.5. The van der Waals surface area contributed by atoms with E-state index in [4.69, 9.17) is 40.0 Å². The monoisotopic (exact) mass is 722 g/mol. The van der Waals surface area contributed by atoms with Crippen LogP contribution < -0.4 is 23.7 Å². The quantitative estimate of drug-likeness (QED) is 0.0409. The molecule has 10 nitrogen and oxygen atoms in total. The van der Waals surface area contributed by atoms with Gasteiger partial charge in [-0.1, -0.05) is 35.9 Å². The van der Waals surface area contributed by atoms with E-state index in [9.17, 15) is 15.2 Å². The van der Waals surface area contributed by atoms with Gasteiger partial charge in [0.25, 0.3) is 0 Å². The second-order valence-corrected chi connectivity index (χ2v) is 13.1. The number of amides is 1. The highest BCUT2D eigenvalue weighted by molar-refractivity contribution is 7.99. The molecule has 0 aliphatic carbocycles. The Balaban J connectivity index is 1.39. The number of ether oxygens (including phenoxy) is 6. The second kappa shape index (κ2) is 17.1. The highest BCUT2D eigenvalue weighted by Gasteiger charge is 2.34. The Labute approximate surface area is 301 Å². The Morgan fingerprint density at radius 2 is 1.52 bits per heavy atom. The SMILES string of the molecule is COc1cc(C2COC(c3cc(OC)c(OC)c(OC)c3)C2)cc(C/C=C/[N+](O)(O)C(=O)c2ccccc2)c1OCCSc1ccc(Cl)cc1. The zero-order valence-corrected chi connectivity index (χ0v) is 29.9. The van der Waals surface area contributed by atoms with Crippen LogP contribution in [0.15, 0.2) is 96.0 Å². The fourth-order valence-corrected chi connectivity index (χ4v) is 6.62. The Bertz CT molecular complexity index is 1760. The molecule has 2 N–H and O–H groups in total. The number of quaternary nitrogens is 1. The average molecular weight is 723 g/mol. The van der Waals surface area contributed by atoms with Crippen molar-refractivity contribution in [2.45, 2.75) is 29.8 Å². The van der Waals surface area contributed by atoms with Crippen LogP contribution in [0.25, 0.3) is 0 Å². The third-order valence-electron chi connectivity index (χ3n) is 8.28. The normalized spacial score (nSPS) is 16.0. The summed E-state index contributed by atoms with van der Waals surface area (Å²) in [4.78, 5) is 11.9. The van der Waals surface area contributed by atoms with E-state index in [0.29, 0.717) is 59.2 Å². The van der Waals surface area contributed by atoms with Crippen molar-refractivity contribution in [3.63, 3.8) is 0 Å². The van der Waals surface area contributed by atoms with E-state index in [0.717, 1.165) is 27.8 Å². The molecule has 2 unspecified atom stereocenters. The molecule has 1 aliphatic rings. The van der Waals surface area contributed by atoms with Crippen LogP contribution in [-0.4, -0.2) is 68.5 Å². The van der Waals surface area contributed by atoms with Gasteiger partial charge in [0.15, 0.2) is 29.2 Å². The van der Waals surface area contributed by atoms with Gasteiger partial charge in [0, 0.05) is 32.0 Å². The number of hydrogen-bond donors (Lipinski definition) is 2. The third kappa shape index (κ3) is 8.91. The minimum Gasteiger partial charge on any atom is -0.493 e. The number of hydrogen-bond acceptors (Lipinski definition) is 10. The molecule has 4 aromatic carbocycles. The Kier molecular flexibility index (Phi) is 12.7. The van der Waals surface area contributed by atoms with Crippen molar-refractivity contribution in [2.24, 2.45) is 0 Å². The van der Waals surface area contributed by atoms with Gasteiger partial charge >= 0.3 is 5.91 Å². The predicted molar refractivity (Wildman–Crippen MR) is 190 cm³/mol. The predicted octanol–water partition coefficient (Wildman–Crippen LogP) is 8.28. The molecule has 1 fully saturated rings. The maximum absolute atomic E-state index is 12.8. The van der Waals surface area contributed by atoms with E-state index in [2.05, 4.69) is 0 Å². The van der Waals surface area contributed by atoms with Crippen LogP contribution >= 0.6 is 23.4 Å². The molecule has 0 saturated carbocycles. The minimum absolute atomic E-state index is 0.00967. The Morgan fingerprint density at radius 1 is 0.880 bits per heavy atom. The lowest BCUT2D eigenvalue weighted by Crippen LogP contribution is -2.41. The molecule has 1 amide bonds. The van der Waals surface area contributed by atoms with Crippen molar-refractivity contribution in [3.05, 3.63) is 118 Å².